The molecule has 0 aliphatic heterocycles. The second-order valence-electron chi connectivity index (χ2n) is 6.85. The van der Waals surface area contributed by atoms with Crippen molar-refractivity contribution < 1.29 is 13.2 Å². The predicted molar refractivity (Wildman–Crippen MR) is 84.0 cm³/mol. The second-order valence-corrected chi connectivity index (χ2v) is 9.17. The Morgan fingerprint density at radius 2 is 1.95 bits per heavy atom. The molecule has 122 valence electrons. The molecule has 2 fully saturated rings. The number of rotatable bonds is 5. The van der Waals surface area contributed by atoms with Gasteiger partial charge in [-0.2, -0.15) is 0 Å². The fraction of sp³-hybridized carbons (Fsp3) is 0.933. The number of urea groups is 1. The quantitative estimate of drug-likeness (QED) is 0.816. The van der Waals surface area contributed by atoms with Gasteiger partial charge in [0.05, 0.1) is 5.25 Å². The van der Waals surface area contributed by atoms with Crippen molar-refractivity contribution in [3.63, 3.8) is 0 Å². The third-order valence-electron chi connectivity index (χ3n) is 5.35. The van der Waals surface area contributed by atoms with Crippen LogP contribution < -0.4 is 10.6 Å². The Morgan fingerprint density at radius 3 is 2.48 bits per heavy atom. The summed E-state index contributed by atoms with van der Waals surface area (Å²) in [5, 5.41) is 5.63. The third kappa shape index (κ3) is 4.34. The standard InChI is InChI=1S/C15H28N2O3S/c1-3-15(8-5-9-15)11-16-14(18)17-12-6-4-7-13(10-12)21(2,19)20/h12-13H,3-11H2,1-2H3,(H2,16,17,18)/t12-,13-/m1/s1. The lowest BCUT2D eigenvalue weighted by molar-refractivity contribution is 0.125. The molecule has 2 amide bonds. The van der Waals surface area contributed by atoms with Crippen LogP contribution >= 0.6 is 0 Å². The number of sulfone groups is 1. The summed E-state index contributed by atoms with van der Waals surface area (Å²) in [5.41, 5.74) is 0.305. The van der Waals surface area contributed by atoms with Crippen molar-refractivity contribution >= 4 is 15.9 Å². The summed E-state index contributed by atoms with van der Waals surface area (Å²) in [5.74, 6) is 0. The summed E-state index contributed by atoms with van der Waals surface area (Å²) in [6, 6.07) is -0.161. The Balaban J connectivity index is 1.77. The molecular weight excluding hydrogens is 288 g/mol. The molecule has 0 spiro atoms. The van der Waals surface area contributed by atoms with Crippen molar-refractivity contribution in [2.24, 2.45) is 5.41 Å². The van der Waals surface area contributed by atoms with Gasteiger partial charge < -0.3 is 10.6 Å². The van der Waals surface area contributed by atoms with E-state index in [1.807, 2.05) is 0 Å². The van der Waals surface area contributed by atoms with E-state index in [1.165, 1.54) is 25.5 Å². The first-order valence-corrected chi connectivity index (χ1v) is 10.0. The van der Waals surface area contributed by atoms with Gasteiger partial charge in [-0.15, -0.1) is 0 Å². The van der Waals surface area contributed by atoms with Crippen LogP contribution in [0.5, 0.6) is 0 Å². The van der Waals surface area contributed by atoms with Crippen LogP contribution in [0, 0.1) is 5.41 Å². The normalized spacial score (nSPS) is 28.5. The highest BCUT2D eigenvalue weighted by atomic mass is 32.2. The molecule has 2 rings (SSSR count). The Hall–Kier alpha value is -0.780. The van der Waals surface area contributed by atoms with Gasteiger partial charge in [-0.25, -0.2) is 13.2 Å². The molecule has 2 aliphatic rings. The van der Waals surface area contributed by atoms with Gasteiger partial charge in [0, 0.05) is 18.8 Å². The minimum atomic E-state index is -3.00. The van der Waals surface area contributed by atoms with Crippen LogP contribution in [0.4, 0.5) is 4.79 Å². The Bertz CT molecular complexity index is 466. The molecule has 0 radical (unpaired) electrons. The van der Waals surface area contributed by atoms with Gasteiger partial charge in [0.15, 0.2) is 0 Å². The van der Waals surface area contributed by atoms with Crippen LogP contribution in [0.15, 0.2) is 0 Å². The monoisotopic (exact) mass is 316 g/mol. The molecule has 2 N–H and O–H groups in total. The lowest BCUT2D eigenvalue weighted by Gasteiger charge is -2.41. The first-order valence-electron chi connectivity index (χ1n) is 8.08. The van der Waals surface area contributed by atoms with Crippen molar-refractivity contribution in [2.75, 3.05) is 12.8 Å². The van der Waals surface area contributed by atoms with E-state index in [1.54, 1.807) is 0 Å². The molecule has 21 heavy (non-hydrogen) atoms. The lowest BCUT2D eigenvalue weighted by Crippen LogP contribution is -2.49. The summed E-state index contributed by atoms with van der Waals surface area (Å²) in [6.07, 6.45) is 9.06. The topological polar surface area (TPSA) is 75.3 Å². The van der Waals surface area contributed by atoms with Gasteiger partial charge in [0.1, 0.15) is 9.84 Å². The highest BCUT2D eigenvalue weighted by Gasteiger charge is 2.35. The van der Waals surface area contributed by atoms with Gasteiger partial charge in [0.25, 0.3) is 0 Å². The van der Waals surface area contributed by atoms with Crippen LogP contribution in [0.2, 0.25) is 0 Å². The summed E-state index contributed by atoms with van der Waals surface area (Å²) in [6.45, 7) is 2.91. The average molecular weight is 316 g/mol. The first kappa shape index (κ1) is 16.6. The maximum absolute atomic E-state index is 12.0. The largest absolute Gasteiger partial charge is 0.338 e. The van der Waals surface area contributed by atoms with Crippen LogP contribution in [0.1, 0.15) is 58.3 Å². The number of hydrogen-bond acceptors (Lipinski definition) is 3. The molecule has 0 aromatic rings. The summed E-state index contributed by atoms with van der Waals surface area (Å²) < 4.78 is 23.3. The number of carbonyl (C=O) groups excluding carboxylic acids is 1. The summed E-state index contributed by atoms with van der Waals surface area (Å²) >= 11 is 0. The van der Waals surface area contributed by atoms with Crippen molar-refractivity contribution in [1.29, 1.82) is 0 Å². The Labute approximate surface area is 128 Å². The zero-order valence-electron chi connectivity index (χ0n) is 13.2. The van der Waals surface area contributed by atoms with Crippen molar-refractivity contribution in [3.05, 3.63) is 0 Å². The number of carbonyl (C=O) groups is 1. The maximum atomic E-state index is 12.0. The molecule has 0 aromatic carbocycles. The number of hydrogen-bond donors (Lipinski definition) is 2. The zero-order chi connectivity index (χ0) is 15.5. The van der Waals surface area contributed by atoms with Crippen molar-refractivity contribution in [3.8, 4) is 0 Å². The first-order chi connectivity index (χ1) is 9.85. The van der Waals surface area contributed by atoms with E-state index in [0.717, 1.165) is 32.2 Å². The summed E-state index contributed by atoms with van der Waals surface area (Å²) in [7, 11) is -3.00. The van der Waals surface area contributed by atoms with E-state index in [2.05, 4.69) is 17.6 Å². The highest BCUT2D eigenvalue weighted by molar-refractivity contribution is 7.91. The molecule has 0 bridgehead atoms. The van der Waals surface area contributed by atoms with E-state index < -0.39 is 9.84 Å². The third-order valence-corrected chi connectivity index (χ3v) is 6.99. The molecule has 0 saturated heterocycles. The zero-order valence-corrected chi connectivity index (χ0v) is 14.0. The molecule has 0 unspecified atom stereocenters. The molecule has 6 heteroatoms. The van der Waals surface area contributed by atoms with E-state index in [-0.39, 0.29) is 17.3 Å². The lowest BCUT2D eigenvalue weighted by atomic mass is 9.67. The molecule has 2 saturated carbocycles. The van der Waals surface area contributed by atoms with E-state index in [4.69, 9.17) is 0 Å². The van der Waals surface area contributed by atoms with Gasteiger partial charge in [-0.3, -0.25) is 0 Å². The van der Waals surface area contributed by atoms with Gasteiger partial charge >= 0.3 is 6.03 Å². The maximum Gasteiger partial charge on any atom is 0.315 e. The molecular formula is C15H28N2O3S. The van der Waals surface area contributed by atoms with Gasteiger partial charge in [-0.05, 0) is 43.9 Å². The minimum Gasteiger partial charge on any atom is -0.338 e. The number of amides is 2. The summed E-state index contributed by atoms with van der Waals surface area (Å²) in [4.78, 5) is 12.0. The number of nitrogens with one attached hydrogen (secondary N) is 2. The molecule has 2 aliphatic carbocycles. The smallest absolute Gasteiger partial charge is 0.315 e. The van der Waals surface area contributed by atoms with Crippen LogP contribution in [0.3, 0.4) is 0 Å². The van der Waals surface area contributed by atoms with Gasteiger partial charge in [-0.1, -0.05) is 19.8 Å². The second kappa shape index (κ2) is 6.55. The molecule has 0 heterocycles. The van der Waals surface area contributed by atoms with Crippen LogP contribution in [0.25, 0.3) is 0 Å². The predicted octanol–water partition coefficient (Wildman–Crippen LogP) is 2.22. The van der Waals surface area contributed by atoms with Crippen LogP contribution in [-0.4, -0.2) is 38.5 Å². The highest BCUT2D eigenvalue weighted by Crippen LogP contribution is 2.43. The van der Waals surface area contributed by atoms with Crippen molar-refractivity contribution in [1.82, 2.24) is 10.6 Å². The SMILES string of the molecule is CCC1(CNC(=O)N[C@@H]2CCC[C@@H](S(C)(=O)=O)C2)CCC1. The fourth-order valence-corrected chi connectivity index (χ4v) is 4.68. The van der Waals surface area contributed by atoms with E-state index >= 15 is 0 Å². The Morgan fingerprint density at radius 1 is 1.24 bits per heavy atom. The molecule has 5 nitrogen and oxygen atoms in total. The Kier molecular flexibility index (Phi) is 5.17. The van der Waals surface area contributed by atoms with Gasteiger partial charge in [0.2, 0.25) is 0 Å². The minimum absolute atomic E-state index is 0.0163. The van der Waals surface area contributed by atoms with Crippen LogP contribution in [-0.2, 0) is 9.84 Å². The fourth-order valence-electron chi connectivity index (χ4n) is 3.50. The van der Waals surface area contributed by atoms with E-state index in [9.17, 15) is 13.2 Å². The molecule has 0 aromatic heterocycles. The van der Waals surface area contributed by atoms with Crippen molar-refractivity contribution in [2.45, 2.75) is 69.6 Å². The van der Waals surface area contributed by atoms with E-state index in [0.29, 0.717) is 11.8 Å². The molecule has 2 atom stereocenters. The average Bonchev–Trinajstić information content (AvgIpc) is 2.37.